The summed E-state index contributed by atoms with van der Waals surface area (Å²) in [6.45, 7) is 2.71. The van der Waals surface area contributed by atoms with Crippen molar-refractivity contribution in [3.05, 3.63) is 0 Å². The van der Waals surface area contributed by atoms with Crippen molar-refractivity contribution >= 4 is 23.4 Å². The van der Waals surface area contributed by atoms with Crippen molar-refractivity contribution in [3.8, 4) is 0 Å². The van der Waals surface area contributed by atoms with Gasteiger partial charge in [-0.1, -0.05) is 13.8 Å². The Hall–Kier alpha value is 0.530. The van der Waals surface area contributed by atoms with E-state index in [0.29, 0.717) is 0 Å². The van der Waals surface area contributed by atoms with Crippen molar-refractivity contribution < 1.29 is 32.1 Å². The van der Waals surface area contributed by atoms with E-state index in [9.17, 15) is 13.7 Å². The molecule has 10 heteroatoms. The van der Waals surface area contributed by atoms with E-state index < -0.39 is 23.4 Å². The van der Waals surface area contributed by atoms with Crippen LogP contribution in [0.3, 0.4) is 0 Å². The zero-order chi connectivity index (χ0) is 11.4. The first-order valence-electron chi connectivity index (χ1n) is 3.79. The van der Waals surface area contributed by atoms with E-state index in [0.717, 1.165) is 0 Å². The Morgan fingerprint density at radius 1 is 1.07 bits per heavy atom. The van der Waals surface area contributed by atoms with Gasteiger partial charge in [0, 0.05) is 12.3 Å². The largest absolute Gasteiger partial charge is 0.334 e. The molecular formula is C4H13O7P3. The second kappa shape index (κ2) is 5.57. The molecule has 0 aromatic heterocycles. The summed E-state index contributed by atoms with van der Waals surface area (Å²) < 4.78 is 40.9. The molecule has 0 bridgehead atoms. The minimum absolute atomic E-state index is 0.241. The zero-order valence-corrected chi connectivity index (χ0v) is 10.5. The Bertz CT molecular complexity index is 271. The van der Waals surface area contributed by atoms with Gasteiger partial charge < -0.3 is 9.79 Å². The molecule has 0 rings (SSSR count). The van der Waals surface area contributed by atoms with Gasteiger partial charge in [-0.15, -0.1) is 0 Å². The predicted molar refractivity (Wildman–Crippen MR) is 51.9 cm³/mol. The molecule has 0 aliphatic carbocycles. The summed E-state index contributed by atoms with van der Waals surface area (Å²) in [5.74, 6) is 0. The van der Waals surface area contributed by atoms with Crippen LogP contribution in [0, 0.1) is 0 Å². The number of rotatable bonds is 6. The second-order valence-corrected chi connectivity index (χ2v) is 8.12. The van der Waals surface area contributed by atoms with Crippen LogP contribution in [0.4, 0.5) is 0 Å². The van der Waals surface area contributed by atoms with Crippen molar-refractivity contribution in [2.24, 2.45) is 0 Å². The number of hydrogen-bond donors (Lipinski definition) is 2. The Morgan fingerprint density at radius 2 is 1.36 bits per heavy atom. The maximum atomic E-state index is 10.9. The smallest absolute Gasteiger partial charge is 0.324 e. The SMILES string of the molecule is CCP(=O)(O)O[PH](=O)OP(=O)(O)CC. The lowest BCUT2D eigenvalue weighted by Gasteiger charge is -2.12. The molecule has 86 valence electrons. The molecule has 0 fully saturated rings. The highest BCUT2D eigenvalue weighted by molar-refractivity contribution is 7.64. The lowest BCUT2D eigenvalue weighted by atomic mass is 11.0. The molecule has 7 nitrogen and oxygen atoms in total. The quantitative estimate of drug-likeness (QED) is 0.705. The van der Waals surface area contributed by atoms with E-state index >= 15 is 0 Å². The van der Waals surface area contributed by atoms with Gasteiger partial charge >= 0.3 is 23.4 Å². The minimum Gasteiger partial charge on any atom is -0.324 e. The number of hydrogen-bond acceptors (Lipinski definition) is 5. The Kier molecular flexibility index (Phi) is 5.78. The van der Waals surface area contributed by atoms with Gasteiger partial charge in [-0.2, -0.15) is 0 Å². The standard InChI is InChI=1S/C4H13O7P3/c1-3-13(6,7)10-12(5)11-14(8,9)4-2/h12H,3-4H2,1-2H3,(H,6,7)(H,8,9). The summed E-state index contributed by atoms with van der Waals surface area (Å²) in [6, 6.07) is 0. The fourth-order valence-corrected chi connectivity index (χ4v) is 3.71. The van der Waals surface area contributed by atoms with E-state index in [1.807, 2.05) is 0 Å². The topological polar surface area (TPSA) is 110 Å². The van der Waals surface area contributed by atoms with E-state index in [4.69, 9.17) is 9.79 Å². The molecule has 0 aromatic rings. The molecule has 14 heavy (non-hydrogen) atoms. The van der Waals surface area contributed by atoms with Crippen LogP contribution in [0.1, 0.15) is 13.8 Å². The molecular weight excluding hydrogens is 253 g/mol. The van der Waals surface area contributed by atoms with Crippen molar-refractivity contribution in [2.75, 3.05) is 12.3 Å². The first-order chi connectivity index (χ1) is 6.22. The van der Waals surface area contributed by atoms with Crippen molar-refractivity contribution in [3.63, 3.8) is 0 Å². The summed E-state index contributed by atoms with van der Waals surface area (Å²) >= 11 is 0. The van der Waals surface area contributed by atoms with Gasteiger partial charge in [-0.3, -0.25) is 13.7 Å². The second-order valence-electron chi connectivity index (χ2n) is 2.34. The van der Waals surface area contributed by atoms with Crippen LogP contribution >= 0.6 is 23.4 Å². The van der Waals surface area contributed by atoms with Gasteiger partial charge in [0.1, 0.15) is 0 Å². The summed E-state index contributed by atoms with van der Waals surface area (Å²) in [5, 5.41) is 0. The van der Waals surface area contributed by atoms with Crippen LogP contribution in [0.2, 0.25) is 0 Å². The van der Waals surface area contributed by atoms with E-state index in [-0.39, 0.29) is 12.3 Å². The van der Waals surface area contributed by atoms with Crippen molar-refractivity contribution in [1.82, 2.24) is 0 Å². The lowest BCUT2D eigenvalue weighted by molar-refractivity contribution is 0.332. The molecule has 0 spiro atoms. The van der Waals surface area contributed by atoms with Gasteiger partial charge in [0.05, 0.1) is 0 Å². The molecule has 0 aliphatic heterocycles. The Labute approximate surface area is 82.5 Å². The first-order valence-corrected chi connectivity index (χ1v) is 8.54. The highest BCUT2D eigenvalue weighted by Crippen LogP contribution is 2.58. The zero-order valence-electron chi connectivity index (χ0n) is 7.74. The third-order valence-electron chi connectivity index (χ3n) is 1.23. The first kappa shape index (κ1) is 14.5. The third-order valence-corrected chi connectivity index (χ3v) is 6.31. The summed E-state index contributed by atoms with van der Waals surface area (Å²) in [7, 11) is -11.3. The molecule has 0 aliphatic rings. The highest BCUT2D eigenvalue weighted by Gasteiger charge is 2.26. The Balaban J connectivity index is 4.26. The van der Waals surface area contributed by atoms with Gasteiger partial charge in [0.2, 0.25) is 0 Å². The average molecular weight is 266 g/mol. The summed E-state index contributed by atoms with van der Waals surface area (Å²) in [5.41, 5.74) is 0. The fourth-order valence-electron chi connectivity index (χ4n) is 0.379. The minimum atomic E-state index is -3.95. The molecule has 0 saturated carbocycles. The van der Waals surface area contributed by atoms with Crippen LogP contribution in [-0.4, -0.2) is 22.1 Å². The van der Waals surface area contributed by atoms with Gasteiger partial charge in [-0.05, 0) is 0 Å². The van der Waals surface area contributed by atoms with Crippen molar-refractivity contribution in [2.45, 2.75) is 13.8 Å². The monoisotopic (exact) mass is 266 g/mol. The molecule has 0 saturated heterocycles. The predicted octanol–water partition coefficient (Wildman–Crippen LogP) is 1.82. The summed E-state index contributed by atoms with van der Waals surface area (Å²) in [4.78, 5) is 17.7. The van der Waals surface area contributed by atoms with Gasteiger partial charge in [-0.25, -0.2) is 8.62 Å². The van der Waals surface area contributed by atoms with E-state index in [1.54, 1.807) is 0 Å². The molecule has 0 amide bonds. The molecule has 0 radical (unpaired) electrons. The van der Waals surface area contributed by atoms with Gasteiger partial charge in [0.25, 0.3) is 0 Å². The average Bonchev–Trinajstić information content (AvgIpc) is 2.02. The van der Waals surface area contributed by atoms with Crippen LogP contribution in [-0.2, 0) is 22.3 Å². The fraction of sp³-hybridized carbons (Fsp3) is 1.00. The molecule has 2 unspecified atom stereocenters. The van der Waals surface area contributed by atoms with E-state index in [2.05, 4.69) is 8.62 Å². The van der Waals surface area contributed by atoms with Gasteiger partial charge in [0.15, 0.2) is 0 Å². The molecule has 2 N–H and O–H groups in total. The normalized spacial score (nSPS) is 22.3. The Morgan fingerprint density at radius 3 is 1.57 bits per heavy atom. The highest BCUT2D eigenvalue weighted by atomic mass is 31.3. The molecule has 2 atom stereocenters. The van der Waals surface area contributed by atoms with Crippen molar-refractivity contribution in [1.29, 1.82) is 0 Å². The maximum absolute atomic E-state index is 10.9. The van der Waals surface area contributed by atoms with Crippen LogP contribution in [0.5, 0.6) is 0 Å². The van der Waals surface area contributed by atoms with Crippen LogP contribution in [0.15, 0.2) is 0 Å². The van der Waals surface area contributed by atoms with E-state index in [1.165, 1.54) is 13.8 Å². The van der Waals surface area contributed by atoms with Crippen LogP contribution in [0.25, 0.3) is 0 Å². The summed E-state index contributed by atoms with van der Waals surface area (Å²) in [6.07, 6.45) is -0.483. The lowest BCUT2D eigenvalue weighted by Crippen LogP contribution is -1.88. The van der Waals surface area contributed by atoms with Crippen LogP contribution < -0.4 is 0 Å². The third kappa shape index (κ3) is 6.10. The maximum Gasteiger partial charge on any atom is 0.334 e. The molecule has 0 aromatic carbocycles. The molecule has 0 heterocycles.